The van der Waals surface area contributed by atoms with Crippen LogP contribution >= 0.6 is 0 Å². The second-order valence-electron chi connectivity index (χ2n) is 8.18. The zero-order valence-corrected chi connectivity index (χ0v) is 17.5. The standard InChI is InChI=1S/C22H23FN6O3/c23-17-2-4-19(24-12-17)27-9-7-26(8-10-27)13-15-1-3-18-16(11-15)14-29(21(18)31)28-6-5-20(30)25-22(28)32/h1-4,11-12H,5-10,13-14H2,(H,25,30,32). The fourth-order valence-corrected chi connectivity index (χ4v) is 4.39. The summed E-state index contributed by atoms with van der Waals surface area (Å²) in [6, 6.07) is 8.36. The second-order valence-corrected chi connectivity index (χ2v) is 8.18. The summed E-state index contributed by atoms with van der Waals surface area (Å²) in [5, 5.41) is 4.98. The third-order valence-corrected chi connectivity index (χ3v) is 6.09. The Morgan fingerprint density at radius 3 is 2.50 bits per heavy atom. The predicted molar refractivity (Wildman–Crippen MR) is 113 cm³/mol. The monoisotopic (exact) mass is 438 g/mol. The number of fused-ring (bicyclic) bond motifs is 1. The summed E-state index contributed by atoms with van der Waals surface area (Å²) >= 11 is 0. The third-order valence-electron chi connectivity index (χ3n) is 6.09. The van der Waals surface area contributed by atoms with E-state index >= 15 is 0 Å². The highest BCUT2D eigenvalue weighted by atomic mass is 19.1. The number of nitrogens with zero attached hydrogens (tertiary/aromatic N) is 5. The minimum Gasteiger partial charge on any atom is -0.354 e. The topological polar surface area (TPSA) is 89.1 Å². The van der Waals surface area contributed by atoms with Crippen LogP contribution in [-0.4, -0.2) is 70.5 Å². The maximum Gasteiger partial charge on any atom is 0.342 e. The van der Waals surface area contributed by atoms with E-state index in [-0.39, 0.29) is 30.6 Å². The number of carbonyl (C=O) groups is 3. The van der Waals surface area contributed by atoms with Crippen molar-refractivity contribution in [2.75, 3.05) is 37.6 Å². The number of hydrogen-bond acceptors (Lipinski definition) is 6. The predicted octanol–water partition coefficient (Wildman–Crippen LogP) is 1.36. The summed E-state index contributed by atoms with van der Waals surface area (Å²) in [6.45, 7) is 4.58. The van der Waals surface area contributed by atoms with Gasteiger partial charge < -0.3 is 4.90 Å². The Labute approximate surface area is 184 Å². The number of amides is 4. The molecule has 0 radical (unpaired) electrons. The first kappa shape index (κ1) is 20.4. The van der Waals surface area contributed by atoms with Crippen LogP contribution in [0, 0.1) is 5.82 Å². The van der Waals surface area contributed by atoms with Gasteiger partial charge in [0, 0.05) is 44.7 Å². The summed E-state index contributed by atoms with van der Waals surface area (Å²) in [5.41, 5.74) is 2.57. The van der Waals surface area contributed by atoms with Crippen LogP contribution in [0.25, 0.3) is 0 Å². The van der Waals surface area contributed by atoms with Crippen LogP contribution in [0.4, 0.5) is 15.0 Å². The molecule has 4 amide bonds. The molecule has 0 saturated carbocycles. The van der Waals surface area contributed by atoms with Gasteiger partial charge in [0.15, 0.2) is 0 Å². The Morgan fingerprint density at radius 2 is 1.78 bits per heavy atom. The van der Waals surface area contributed by atoms with Gasteiger partial charge in [0.25, 0.3) is 5.91 Å². The van der Waals surface area contributed by atoms with Gasteiger partial charge in [-0.1, -0.05) is 12.1 Å². The third kappa shape index (κ3) is 3.89. The number of nitrogens with one attached hydrogen (secondary N) is 1. The lowest BCUT2D eigenvalue weighted by Crippen LogP contribution is -2.56. The number of carbonyl (C=O) groups excluding carboxylic acids is 3. The number of halogens is 1. The quantitative estimate of drug-likeness (QED) is 0.776. The summed E-state index contributed by atoms with van der Waals surface area (Å²) in [4.78, 5) is 44.9. The molecule has 2 fully saturated rings. The van der Waals surface area contributed by atoms with Crippen molar-refractivity contribution in [3.63, 3.8) is 0 Å². The average molecular weight is 438 g/mol. The molecular weight excluding hydrogens is 415 g/mol. The minimum atomic E-state index is -0.559. The summed E-state index contributed by atoms with van der Waals surface area (Å²) in [5.74, 6) is -0.106. The molecule has 0 atom stereocenters. The van der Waals surface area contributed by atoms with E-state index in [1.54, 1.807) is 6.07 Å². The largest absolute Gasteiger partial charge is 0.354 e. The Balaban J connectivity index is 1.21. The molecule has 0 bridgehead atoms. The number of imide groups is 1. The molecule has 2 saturated heterocycles. The van der Waals surface area contributed by atoms with Crippen LogP contribution in [0.5, 0.6) is 0 Å². The van der Waals surface area contributed by atoms with Crippen LogP contribution in [0.1, 0.15) is 27.9 Å². The number of hydrogen-bond donors (Lipinski definition) is 1. The van der Waals surface area contributed by atoms with Gasteiger partial charge >= 0.3 is 6.03 Å². The van der Waals surface area contributed by atoms with Crippen molar-refractivity contribution in [1.82, 2.24) is 25.2 Å². The smallest absolute Gasteiger partial charge is 0.342 e. The van der Waals surface area contributed by atoms with Crippen LogP contribution in [0.15, 0.2) is 36.5 Å². The van der Waals surface area contributed by atoms with Crippen molar-refractivity contribution in [2.45, 2.75) is 19.5 Å². The van der Waals surface area contributed by atoms with Crippen LogP contribution in [0.2, 0.25) is 0 Å². The summed E-state index contributed by atoms with van der Waals surface area (Å²) in [6.07, 6.45) is 1.42. The van der Waals surface area contributed by atoms with Crippen molar-refractivity contribution < 1.29 is 18.8 Å². The van der Waals surface area contributed by atoms with Gasteiger partial charge in [0.2, 0.25) is 5.91 Å². The number of urea groups is 1. The number of hydrazine groups is 1. The van der Waals surface area contributed by atoms with E-state index in [0.29, 0.717) is 12.1 Å². The first-order valence-corrected chi connectivity index (χ1v) is 10.6. The lowest BCUT2D eigenvalue weighted by molar-refractivity contribution is -0.123. The number of anilines is 1. The first-order valence-electron chi connectivity index (χ1n) is 10.6. The lowest BCUT2D eigenvalue weighted by atomic mass is 10.1. The molecule has 166 valence electrons. The Morgan fingerprint density at radius 1 is 0.969 bits per heavy atom. The van der Waals surface area contributed by atoms with Crippen molar-refractivity contribution in [3.8, 4) is 0 Å². The number of rotatable bonds is 4. The van der Waals surface area contributed by atoms with Crippen molar-refractivity contribution in [2.24, 2.45) is 0 Å². The second kappa shape index (κ2) is 8.19. The molecular formula is C22H23FN6O3. The number of pyridine rings is 1. The lowest BCUT2D eigenvalue weighted by Gasteiger charge is -2.35. The summed E-state index contributed by atoms with van der Waals surface area (Å²) in [7, 11) is 0. The molecule has 1 aromatic heterocycles. The van der Waals surface area contributed by atoms with Gasteiger partial charge in [-0.15, -0.1) is 0 Å². The van der Waals surface area contributed by atoms with Crippen LogP contribution < -0.4 is 10.2 Å². The van der Waals surface area contributed by atoms with Gasteiger partial charge in [0.05, 0.1) is 19.3 Å². The molecule has 10 heteroatoms. The van der Waals surface area contributed by atoms with Crippen LogP contribution in [0.3, 0.4) is 0 Å². The number of benzene rings is 1. The minimum absolute atomic E-state index is 0.177. The highest BCUT2D eigenvalue weighted by molar-refractivity contribution is 6.01. The van der Waals surface area contributed by atoms with E-state index in [4.69, 9.17) is 0 Å². The van der Waals surface area contributed by atoms with E-state index in [2.05, 4.69) is 20.1 Å². The number of piperazine rings is 1. The van der Waals surface area contributed by atoms with E-state index in [9.17, 15) is 18.8 Å². The Kier molecular flexibility index (Phi) is 5.22. The average Bonchev–Trinajstić information content (AvgIpc) is 3.10. The van der Waals surface area contributed by atoms with Crippen molar-refractivity contribution >= 4 is 23.7 Å². The Bertz CT molecular complexity index is 1070. The molecule has 0 unspecified atom stereocenters. The molecule has 3 aliphatic rings. The van der Waals surface area contributed by atoms with E-state index in [1.165, 1.54) is 22.3 Å². The maximum absolute atomic E-state index is 13.1. The molecule has 32 heavy (non-hydrogen) atoms. The van der Waals surface area contributed by atoms with Crippen LogP contribution in [-0.2, 0) is 17.9 Å². The van der Waals surface area contributed by atoms with Gasteiger partial charge in [-0.25, -0.2) is 24.2 Å². The van der Waals surface area contributed by atoms with Crippen molar-refractivity contribution in [3.05, 3.63) is 59.0 Å². The Hall–Kier alpha value is -3.53. The fraction of sp³-hybridized carbons (Fsp3) is 0.364. The molecule has 9 nitrogen and oxygen atoms in total. The molecule has 0 spiro atoms. The normalized spacial score (nSPS) is 19.4. The molecule has 4 heterocycles. The van der Waals surface area contributed by atoms with Crippen molar-refractivity contribution in [1.29, 1.82) is 0 Å². The summed E-state index contributed by atoms with van der Waals surface area (Å²) < 4.78 is 13.1. The molecule has 2 aromatic rings. The zero-order chi connectivity index (χ0) is 22.2. The van der Waals surface area contributed by atoms with E-state index in [0.717, 1.165) is 49.7 Å². The molecule has 5 rings (SSSR count). The zero-order valence-electron chi connectivity index (χ0n) is 17.5. The molecule has 3 aliphatic heterocycles. The molecule has 0 aliphatic carbocycles. The fourth-order valence-electron chi connectivity index (χ4n) is 4.39. The van der Waals surface area contributed by atoms with E-state index < -0.39 is 6.03 Å². The maximum atomic E-state index is 13.1. The SMILES string of the molecule is O=C1CCN(N2Cc3cc(CN4CCN(c5ccc(F)cn5)CC4)ccc3C2=O)C(=O)N1. The van der Waals surface area contributed by atoms with Gasteiger partial charge in [-0.05, 0) is 29.3 Å². The highest BCUT2D eigenvalue weighted by Crippen LogP contribution is 2.27. The number of aromatic nitrogens is 1. The first-order chi connectivity index (χ1) is 15.5. The van der Waals surface area contributed by atoms with Gasteiger partial charge in [-0.3, -0.25) is 19.8 Å². The highest BCUT2D eigenvalue weighted by Gasteiger charge is 2.36. The van der Waals surface area contributed by atoms with E-state index in [1.807, 2.05) is 18.2 Å². The van der Waals surface area contributed by atoms with Gasteiger partial charge in [0.1, 0.15) is 11.6 Å². The van der Waals surface area contributed by atoms with Gasteiger partial charge in [-0.2, -0.15) is 0 Å². The molecule has 1 N–H and O–H groups in total. The molecule has 1 aromatic carbocycles.